The summed E-state index contributed by atoms with van der Waals surface area (Å²) in [6.07, 6.45) is -0.788. The van der Waals surface area contributed by atoms with Gasteiger partial charge >= 0.3 is 0 Å². The third-order valence-corrected chi connectivity index (χ3v) is 3.21. The highest BCUT2D eigenvalue weighted by molar-refractivity contribution is 5.98. The molecule has 0 radical (unpaired) electrons. The van der Waals surface area contributed by atoms with Gasteiger partial charge in [0.15, 0.2) is 6.10 Å². The molecule has 0 bridgehead atoms. The molecule has 0 saturated carbocycles. The second-order valence-electron chi connectivity index (χ2n) is 4.99. The van der Waals surface area contributed by atoms with Crippen LogP contribution in [-0.2, 0) is 4.79 Å². The molecule has 2 aromatic rings. The molecule has 0 aliphatic heterocycles. The first-order valence-electron chi connectivity index (χ1n) is 7.09. The molecule has 6 nitrogen and oxygen atoms in total. The molecule has 1 atom stereocenters. The highest BCUT2D eigenvalue weighted by Gasteiger charge is 2.17. The second-order valence-corrected chi connectivity index (χ2v) is 4.99. The largest absolute Gasteiger partial charge is 0.507 e. The number of rotatable bonds is 4. The molecule has 2 amide bonds. The summed E-state index contributed by atoms with van der Waals surface area (Å²) in [5.74, 6) is -0.675. The molecule has 0 saturated heterocycles. The molecule has 0 heterocycles. The third-order valence-electron chi connectivity index (χ3n) is 3.21. The maximum atomic E-state index is 12.0. The summed E-state index contributed by atoms with van der Waals surface area (Å²) >= 11 is 0. The zero-order valence-electron chi connectivity index (χ0n) is 12.9. The fourth-order valence-corrected chi connectivity index (χ4v) is 1.89. The van der Waals surface area contributed by atoms with Crippen molar-refractivity contribution in [3.63, 3.8) is 0 Å². The van der Waals surface area contributed by atoms with Crippen molar-refractivity contribution in [3.05, 3.63) is 59.7 Å². The number of aryl methyl sites for hydroxylation is 1. The van der Waals surface area contributed by atoms with E-state index in [2.05, 4.69) is 10.9 Å². The van der Waals surface area contributed by atoms with Gasteiger partial charge in [0.05, 0.1) is 5.56 Å². The Morgan fingerprint density at radius 1 is 1.04 bits per heavy atom. The average Bonchev–Trinajstić information content (AvgIpc) is 2.55. The zero-order chi connectivity index (χ0) is 16.8. The van der Waals surface area contributed by atoms with Crippen LogP contribution in [0.2, 0.25) is 0 Å². The molecule has 0 unspecified atom stereocenters. The first kappa shape index (κ1) is 16.4. The Morgan fingerprint density at radius 2 is 1.74 bits per heavy atom. The van der Waals surface area contributed by atoms with E-state index in [0.717, 1.165) is 0 Å². The third kappa shape index (κ3) is 4.23. The summed E-state index contributed by atoms with van der Waals surface area (Å²) in [6, 6.07) is 13.7. The first-order chi connectivity index (χ1) is 11.0. The number of hydrogen-bond donors (Lipinski definition) is 3. The second kappa shape index (κ2) is 7.31. The van der Waals surface area contributed by atoms with Gasteiger partial charge in [-0.2, -0.15) is 0 Å². The van der Waals surface area contributed by atoms with Gasteiger partial charge in [0.2, 0.25) is 0 Å². The Balaban J connectivity index is 1.91. The van der Waals surface area contributed by atoms with Crippen molar-refractivity contribution < 1.29 is 19.4 Å². The summed E-state index contributed by atoms with van der Waals surface area (Å²) < 4.78 is 5.44. The van der Waals surface area contributed by atoms with Crippen molar-refractivity contribution in [2.45, 2.75) is 20.0 Å². The molecule has 2 aromatic carbocycles. The molecule has 120 valence electrons. The number of phenolic OH excluding ortho intramolecular Hbond substituents is 1. The number of ether oxygens (including phenoxy) is 1. The summed E-state index contributed by atoms with van der Waals surface area (Å²) in [4.78, 5) is 23.9. The Kier molecular flexibility index (Phi) is 5.19. The minimum Gasteiger partial charge on any atom is -0.507 e. The summed E-state index contributed by atoms with van der Waals surface area (Å²) in [7, 11) is 0. The van der Waals surface area contributed by atoms with Crippen LogP contribution in [0.4, 0.5) is 0 Å². The van der Waals surface area contributed by atoms with Crippen LogP contribution in [0.5, 0.6) is 11.5 Å². The van der Waals surface area contributed by atoms with Crippen molar-refractivity contribution >= 4 is 11.8 Å². The van der Waals surface area contributed by atoms with Gasteiger partial charge in [-0.25, -0.2) is 0 Å². The summed E-state index contributed by atoms with van der Waals surface area (Å²) in [6.45, 7) is 3.25. The highest BCUT2D eigenvalue weighted by Crippen LogP contribution is 2.20. The lowest BCUT2D eigenvalue weighted by Gasteiger charge is -2.15. The standard InChI is InChI=1S/C17H18N2O4/c1-11-7-6-10-14(15(11)20)17(22)19-18-16(21)12(2)23-13-8-4-3-5-9-13/h3-10,12,20H,1-2H3,(H,18,21)(H,19,22)/t12-/m1/s1. The van der Waals surface area contributed by atoms with Crippen LogP contribution in [0, 0.1) is 6.92 Å². The minimum atomic E-state index is -0.788. The number of hydrazine groups is 1. The summed E-state index contributed by atoms with van der Waals surface area (Å²) in [5, 5.41) is 9.84. The van der Waals surface area contributed by atoms with Crippen LogP contribution >= 0.6 is 0 Å². The van der Waals surface area contributed by atoms with E-state index in [4.69, 9.17) is 4.74 Å². The maximum Gasteiger partial charge on any atom is 0.279 e. The fraction of sp³-hybridized carbons (Fsp3) is 0.176. The lowest BCUT2D eigenvalue weighted by molar-refractivity contribution is -0.128. The number of para-hydroxylation sites is 2. The van der Waals surface area contributed by atoms with Gasteiger partial charge in [0, 0.05) is 0 Å². The van der Waals surface area contributed by atoms with E-state index in [1.165, 1.54) is 6.07 Å². The molecule has 3 N–H and O–H groups in total. The number of hydrogen-bond acceptors (Lipinski definition) is 4. The predicted octanol–water partition coefficient (Wildman–Crippen LogP) is 1.93. The van der Waals surface area contributed by atoms with Crippen molar-refractivity contribution in [2.24, 2.45) is 0 Å². The van der Waals surface area contributed by atoms with Crippen molar-refractivity contribution in [3.8, 4) is 11.5 Å². The first-order valence-corrected chi connectivity index (χ1v) is 7.09. The minimum absolute atomic E-state index is 0.0851. The number of phenols is 1. The predicted molar refractivity (Wildman–Crippen MR) is 85.0 cm³/mol. The number of nitrogens with one attached hydrogen (secondary N) is 2. The number of aromatic hydroxyl groups is 1. The monoisotopic (exact) mass is 314 g/mol. The Morgan fingerprint density at radius 3 is 2.43 bits per heavy atom. The normalized spacial score (nSPS) is 11.4. The molecule has 0 fully saturated rings. The van der Waals surface area contributed by atoms with E-state index in [0.29, 0.717) is 11.3 Å². The Labute approximate surface area is 134 Å². The van der Waals surface area contributed by atoms with E-state index in [1.54, 1.807) is 50.2 Å². The van der Waals surface area contributed by atoms with Gasteiger partial charge in [0.1, 0.15) is 11.5 Å². The number of carbonyl (C=O) groups is 2. The van der Waals surface area contributed by atoms with Crippen molar-refractivity contribution in [1.82, 2.24) is 10.9 Å². The smallest absolute Gasteiger partial charge is 0.279 e. The summed E-state index contributed by atoms with van der Waals surface area (Å²) in [5.41, 5.74) is 5.19. The van der Waals surface area contributed by atoms with Crippen LogP contribution in [0.3, 0.4) is 0 Å². The van der Waals surface area contributed by atoms with Crippen LogP contribution < -0.4 is 15.6 Å². The van der Waals surface area contributed by atoms with Gasteiger partial charge in [0.25, 0.3) is 11.8 Å². The van der Waals surface area contributed by atoms with E-state index in [1.807, 2.05) is 6.07 Å². The van der Waals surface area contributed by atoms with Gasteiger partial charge in [-0.1, -0.05) is 30.3 Å². The van der Waals surface area contributed by atoms with E-state index in [9.17, 15) is 14.7 Å². The zero-order valence-corrected chi connectivity index (χ0v) is 12.9. The molecule has 6 heteroatoms. The average molecular weight is 314 g/mol. The molecular weight excluding hydrogens is 296 g/mol. The molecule has 0 aliphatic carbocycles. The van der Waals surface area contributed by atoms with Gasteiger partial charge in [-0.15, -0.1) is 0 Å². The van der Waals surface area contributed by atoms with Gasteiger partial charge < -0.3 is 9.84 Å². The SMILES string of the molecule is Cc1cccc(C(=O)NNC(=O)[C@@H](C)Oc2ccccc2)c1O. The van der Waals surface area contributed by atoms with Crippen molar-refractivity contribution in [1.29, 1.82) is 0 Å². The lowest BCUT2D eigenvalue weighted by atomic mass is 10.1. The fourth-order valence-electron chi connectivity index (χ4n) is 1.89. The van der Waals surface area contributed by atoms with Crippen molar-refractivity contribution in [2.75, 3.05) is 0 Å². The quantitative estimate of drug-likeness (QED) is 0.753. The van der Waals surface area contributed by atoms with Crippen LogP contribution in [0.25, 0.3) is 0 Å². The highest BCUT2D eigenvalue weighted by atomic mass is 16.5. The van der Waals surface area contributed by atoms with Crippen LogP contribution in [0.15, 0.2) is 48.5 Å². The molecule has 0 aliphatic rings. The Hall–Kier alpha value is -3.02. The number of benzene rings is 2. The topological polar surface area (TPSA) is 87.7 Å². The number of carbonyl (C=O) groups excluding carboxylic acids is 2. The van der Waals surface area contributed by atoms with Gasteiger partial charge in [-0.05, 0) is 37.6 Å². The molecular formula is C17H18N2O4. The number of amides is 2. The Bertz CT molecular complexity index is 701. The molecule has 0 aromatic heterocycles. The van der Waals surface area contributed by atoms with Crippen LogP contribution in [0.1, 0.15) is 22.8 Å². The molecule has 0 spiro atoms. The molecule has 23 heavy (non-hydrogen) atoms. The van der Waals surface area contributed by atoms with E-state index >= 15 is 0 Å². The van der Waals surface area contributed by atoms with E-state index < -0.39 is 17.9 Å². The lowest BCUT2D eigenvalue weighted by Crippen LogP contribution is -2.47. The van der Waals surface area contributed by atoms with Gasteiger partial charge in [-0.3, -0.25) is 20.4 Å². The van der Waals surface area contributed by atoms with Crippen LogP contribution in [-0.4, -0.2) is 23.0 Å². The maximum absolute atomic E-state index is 12.0. The van der Waals surface area contributed by atoms with E-state index in [-0.39, 0.29) is 11.3 Å². The molecule has 2 rings (SSSR count).